The van der Waals surface area contributed by atoms with Crippen LogP contribution >= 0.6 is 0 Å². The van der Waals surface area contributed by atoms with E-state index in [1.807, 2.05) is 0 Å². The van der Waals surface area contributed by atoms with E-state index >= 15 is 0 Å². The van der Waals surface area contributed by atoms with Gasteiger partial charge in [0.05, 0.1) is 0 Å². The zero-order chi connectivity index (χ0) is 12.9. The molecule has 0 saturated carbocycles. The molecular weight excluding hydrogens is 206 g/mol. The highest BCUT2D eigenvalue weighted by atomic mass is 14.9. The van der Waals surface area contributed by atoms with Gasteiger partial charge in [-0.05, 0) is 64.1 Å². The third kappa shape index (κ3) is 5.88. The van der Waals surface area contributed by atoms with Gasteiger partial charge in [-0.3, -0.25) is 0 Å². The first-order chi connectivity index (χ1) is 7.88. The molecule has 1 aromatic rings. The summed E-state index contributed by atoms with van der Waals surface area (Å²) in [5, 5.41) is 3.55. The lowest BCUT2D eigenvalue weighted by Gasteiger charge is -2.22. The molecule has 0 aromatic heterocycles. The zero-order valence-electron chi connectivity index (χ0n) is 12.0. The predicted octanol–water partition coefficient (Wildman–Crippen LogP) is 3.95. The van der Waals surface area contributed by atoms with Gasteiger partial charge in [0, 0.05) is 5.54 Å². The van der Waals surface area contributed by atoms with Crippen molar-refractivity contribution >= 4 is 0 Å². The van der Waals surface area contributed by atoms with Crippen LogP contribution in [-0.4, -0.2) is 12.1 Å². The Kier molecular flexibility index (Phi) is 5.20. The molecule has 0 amide bonds. The van der Waals surface area contributed by atoms with Crippen LogP contribution in [0.2, 0.25) is 0 Å². The van der Waals surface area contributed by atoms with Gasteiger partial charge in [-0.2, -0.15) is 0 Å². The molecule has 0 aliphatic rings. The fourth-order valence-electron chi connectivity index (χ4n) is 2.01. The van der Waals surface area contributed by atoms with E-state index < -0.39 is 0 Å². The third-order valence-electron chi connectivity index (χ3n) is 3.12. The van der Waals surface area contributed by atoms with E-state index in [-0.39, 0.29) is 5.54 Å². The average Bonchev–Trinajstić information content (AvgIpc) is 2.19. The minimum absolute atomic E-state index is 0.238. The van der Waals surface area contributed by atoms with Gasteiger partial charge in [-0.15, -0.1) is 0 Å². The number of rotatable bonds is 5. The summed E-state index contributed by atoms with van der Waals surface area (Å²) in [6, 6.07) is 8.71. The highest BCUT2D eigenvalue weighted by molar-refractivity contribution is 5.25. The molecule has 0 fully saturated rings. The summed E-state index contributed by atoms with van der Waals surface area (Å²) in [6.45, 7) is 12.3. The quantitative estimate of drug-likeness (QED) is 0.812. The van der Waals surface area contributed by atoms with Crippen LogP contribution in [0, 0.1) is 12.8 Å². The van der Waals surface area contributed by atoms with Gasteiger partial charge >= 0.3 is 0 Å². The van der Waals surface area contributed by atoms with Crippen LogP contribution < -0.4 is 5.32 Å². The van der Waals surface area contributed by atoms with Crippen LogP contribution in [0.25, 0.3) is 0 Å². The lowest BCUT2D eigenvalue weighted by Crippen LogP contribution is -2.37. The molecule has 1 rings (SSSR count). The Hall–Kier alpha value is -0.820. The van der Waals surface area contributed by atoms with E-state index in [1.54, 1.807) is 0 Å². The first kappa shape index (κ1) is 14.2. The van der Waals surface area contributed by atoms with Crippen LogP contribution in [-0.2, 0) is 6.42 Å². The molecule has 0 radical (unpaired) electrons. The van der Waals surface area contributed by atoms with Crippen molar-refractivity contribution in [3.05, 3.63) is 35.4 Å². The summed E-state index contributed by atoms with van der Waals surface area (Å²) >= 11 is 0. The number of hydrogen-bond donors (Lipinski definition) is 1. The van der Waals surface area contributed by atoms with Crippen LogP contribution in [0.4, 0.5) is 0 Å². The second-order valence-corrected chi connectivity index (χ2v) is 6.20. The Labute approximate surface area is 107 Å². The van der Waals surface area contributed by atoms with Gasteiger partial charge < -0.3 is 5.32 Å². The maximum Gasteiger partial charge on any atom is 0.00965 e. The molecule has 0 spiro atoms. The highest BCUT2D eigenvalue weighted by Gasteiger charge is 2.10. The topological polar surface area (TPSA) is 12.0 Å². The summed E-state index contributed by atoms with van der Waals surface area (Å²) in [5.41, 5.74) is 3.15. The number of hydrogen-bond acceptors (Lipinski definition) is 1. The molecule has 1 aromatic carbocycles. The molecule has 1 nitrogen and oxygen atoms in total. The summed E-state index contributed by atoms with van der Waals surface area (Å²) in [6.07, 6.45) is 2.43. The molecular formula is C16H27N. The summed E-state index contributed by atoms with van der Waals surface area (Å²) < 4.78 is 0. The van der Waals surface area contributed by atoms with Gasteiger partial charge in [-0.25, -0.2) is 0 Å². The van der Waals surface area contributed by atoms with Crippen molar-refractivity contribution in [1.29, 1.82) is 0 Å². The van der Waals surface area contributed by atoms with Gasteiger partial charge in [0.15, 0.2) is 0 Å². The van der Waals surface area contributed by atoms with Crippen LogP contribution in [0.15, 0.2) is 24.3 Å². The number of aryl methyl sites for hydroxylation is 1. The Bertz CT molecular complexity index is 336. The third-order valence-corrected chi connectivity index (χ3v) is 3.12. The molecule has 1 N–H and O–H groups in total. The molecule has 1 atom stereocenters. The first-order valence-electron chi connectivity index (χ1n) is 6.68. The SMILES string of the molecule is Cc1ccccc1CC(C)CCNC(C)(C)C. The lowest BCUT2D eigenvalue weighted by molar-refractivity contribution is 0.394. The van der Waals surface area contributed by atoms with Gasteiger partial charge in [-0.1, -0.05) is 31.2 Å². The lowest BCUT2D eigenvalue weighted by atomic mass is 9.95. The van der Waals surface area contributed by atoms with E-state index in [0.29, 0.717) is 0 Å². The maximum absolute atomic E-state index is 3.55. The molecule has 1 heteroatoms. The number of nitrogens with one attached hydrogen (secondary N) is 1. The van der Waals surface area contributed by atoms with E-state index in [2.05, 4.69) is 64.2 Å². The summed E-state index contributed by atoms with van der Waals surface area (Å²) in [5.74, 6) is 0.742. The van der Waals surface area contributed by atoms with Crippen molar-refractivity contribution in [2.24, 2.45) is 5.92 Å². The maximum atomic E-state index is 3.55. The van der Waals surface area contributed by atoms with Gasteiger partial charge in [0.25, 0.3) is 0 Å². The highest BCUT2D eigenvalue weighted by Crippen LogP contribution is 2.15. The number of benzene rings is 1. The molecule has 0 heterocycles. The zero-order valence-corrected chi connectivity index (χ0v) is 12.0. The smallest absolute Gasteiger partial charge is 0.00965 e. The fourth-order valence-corrected chi connectivity index (χ4v) is 2.01. The molecule has 0 aliphatic carbocycles. The average molecular weight is 233 g/mol. The second-order valence-electron chi connectivity index (χ2n) is 6.20. The Morgan fingerprint density at radius 2 is 1.82 bits per heavy atom. The molecule has 0 saturated heterocycles. The van der Waals surface area contributed by atoms with E-state index in [0.717, 1.165) is 12.5 Å². The van der Waals surface area contributed by atoms with E-state index in [1.165, 1.54) is 24.0 Å². The fraction of sp³-hybridized carbons (Fsp3) is 0.625. The van der Waals surface area contributed by atoms with Crippen LogP contribution in [0.5, 0.6) is 0 Å². The van der Waals surface area contributed by atoms with Gasteiger partial charge in [0.1, 0.15) is 0 Å². The van der Waals surface area contributed by atoms with Crippen molar-refractivity contribution in [3.8, 4) is 0 Å². The predicted molar refractivity (Wildman–Crippen MR) is 76.4 cm³/mol. The van der Waals surface area contributed by atoms with Crippen molar-refractivity contribution in [2.75, 3.05) is 6.54 Å². The molecule has 1 unspecified atom stereocenters. The summed E-state index contributed by atoms with van der Waals surface area (Å²) in [4.78, 5) is 0. The Balaban J connectivity index is 2.35. The largest absolute Gasteiger partial charge is 0.312 e. The molecule has 17 heavy (non-hydrogen) atoms. The second kappa shape index (κ2) is 6.20. The van der Waals surface area contributed by atoms with E-state index in [4.69, 9.17) is 0 Å². The molecule has 96 valence electrons. The Morgan fingerprint density at radius 3 is 2.41 bits per heavy atom. The first-order valence-corrected chi connectivity index (χ1v) is 6.68. The summed E-state index contributed by atoms with van der Waals surface area (Å²) in [7, 11) is 0. The van der Waals surface area contributed by atoms with Crippen LogP contribution in [0.1, 0.15) is 45.2 Å². The Morgan fingerprint density at radius 1 is 1.18 bits per heavy atom. The van der Waals surface area contributed by atoms with Gasteiger partial charge in [0.2, 0.25) is 0 Å². The van der Waals surface area contributed by atoms with Crippen molar-refractivity contribution in [2.45, 2.75) is 53.0 Å². The van der Waals surface area contributed by atoms with Crippen LogP contribution in [0.3, 0.4) is 0 Å². The molecule has 0 bridgehead atoms. The minimum Gasteiger partial charge on any atom is -0.312 e. The normalized spacial score (nSPS) is 13.7. The molecule has 0 aliphatic heterocycles. The monoisotopic (exact) mass is 233 g/mol. The van der Waals surface area contributed by atoms with Crippen molar-refractivity contribution in [3.63, 3.8) is 0 Å². The van der Waals surface area contributed by atoms with E-state index in [9.17, 15) is 0 Å². The minimum atomic E-state index is 0.238. The van der Waals surface area contributed by atoms with Crippen molar-refractivity contribution < 1.29 is 0 Å². The standard InChI is InChI=1S/C16H27N/c1-13(10-11-17-16(3,4)5)12-15-9-7-6-8-14(15)2/h6-9,13,17H,10-12H2,1-5H3. The van der Waals surface area contributed by atoms with Crippen molar-refractivity contribution in [1.82, 2.24) is 5.32 Å².